The highest BCUT2D eigenvalue weighted by atomic mass is 32.1. The molecule has 0 bridgehead atoms. The number of hydrogen-bond acceptors (Lipinski definition) is 8. The normalized spacial score (nSPS) is 12.3. The van der Waals surface area contributed by atoms with E-state index in [0.29, 0.717) is 57.6 Å². The molecule has 0 N–H and O–H groups in total. The Kier molecular flexibility index (Phi) is 5.38. The average molecular weight is 587 g/mol. The van der Waals surface area contributed by atoms with Crippen molar-refractivity contribution in [3.8, 4) is 21.1 Å². The second-order valence-electron chi connectivity index (χ2n) is 9.53. The lowest BCUT2D eigenvalue weighted by atomic mass is 10.1. The van der Waals surface area contributed by atoms with Gasteiger partial charge in [-0.05, 0) is 19.1 Å². The van der Waals surface area contributed by atoms with Crippen LogP contribution in [0.4, 0.5) is 13.2 Å². The molecule has 0 aliphatic carbocycles. The van der Waals surface area contributed by atoms with E-state index in [1.807, 2.05) is 0 Å². The van der Waals surface area contributed by atoms with Crippen LogP contribution in [-0.2, 0) is 0 Å². The van der Waals surface area contributed by atoms with Crippen molar-refractivity contribution in [1.82, 2.24) is 9.97 Å². The fourth-order valence-electron chi connectivity index (χ4n) is 4.94. The second-order valence-corrected chi connectivity index (χ2v) is 11.5. The summed E-state index contributed by atoms with van der Waals surface area (Å²) >= 11 is 2.53. The van der Waals surface area contributed by atoms with Crippen LogP contribution in [0.25, 0.3) is 63.1 Å². The summed E-state index contributed by atoms with van der Waals surface area (Å²) in [7, 11) is 0. The molecule has 0 aliphatic rings. The fourth-order valence-corrected chi connectivity index (χ4v) is 7.14. The smallest absolute Gasteiger partial charge is 0.295 e. The van der Waals surface area contributed by atoms with E-state index in [2.05, 4.69) is 9.97 Å². The molecule has 7 aromatic rings. The van der Waals surface area contributed by atoms with Crippen LogP contribution in [0.2, 0.25) is 0 Å². The number of hydrogen-bond donors (Lipinski definition) is 0. The summed E-state index contributed by atoms with van der Waals surface area (Å²) in [5, 5.41) is 3.08. The molecule has 0 fully saturated rings. The third-order valence-corrected chi connectivity index (χ3v) is 9.29. The highest BCUT2D eigenvalue weighted by Crippen LogP contribution is 2.40. The van der Waals surface area contributed by atoms with Crippen LogP contribution in [-0.4, -0.2) is 27.7 Å². The molecule has 0 unspecified atom stereocenters. The van der Waals surface area contributed by atoms with Crippen LogP contribution < -0.4 is 10.9 Å². The number of carbonyl (C=O) groups excluding carboxylic acids is 2. The molecule has 5 aromatic carbocycles. The number of carbonyl (C=O) groups is 2. The van der Waals surface area contributed by atoms with Gasteiger partial charge in [0, 0.05) is 43.8 Å². The topological polar surface area (TPSA) is 94.1 Å². The first-order valence-electron chi connectivity index (χ1n) is 12.1. The van der Waals surface area contributed by atoms with Gasteiger partial charge in [-0.2, -0.15) is 13.2 Å². The molecule has 11 heteroatoms. The van der Waals surface area contributed by atoms with Gasteiger partial charge in [0.15, 0.2) is 5.78 Å². The van der Waals surface area contributed by atoms with Crippen LogP contribution in [0.5, 0.6) is 0 Å². The zero-order valence-electron chi connectivity index (χ0n) is 20.8. The molecule has 0 aliphatic heterocycles. The lowest BCUT2D eigenvalue weighted by Gasteiger charge is -2.05. The molecule has 200 valence electrons. The molecule has 0 saturated heterocycles. The van der Waals surface area contributed by atoms with E-state index >= 15 is 0 Å². The Morgan fingerprint density at radius 3 is 1.46 bits per heavy atom. The maximum Gasteiger partial charge on any atom is 0.454 e. The molecule has 0 atom stereocenters. The summed E-state index contributed by atoms with van der Waals surface area (Å²) in [6, 6.07) is 15.2. The lowest BCUT2D eigenvalue weighted by molar-refractivity contribution is -0.0885. The van der Waals surface area contributed by atoms with Crippen molar-refractivity contribution in [2.24, 2.45) is 0 Å². The van der Waals surface area contributed by atoms with Gasteiger partial charge >= 0.3 is 6.18 Å². The van der Waals surface area contributed by atoms with Gasteiger partial charge in [0.2, 0.25) is 10.9 Å². The summed E-state index contributed by atoms with van der Waals surface area (Å²) < 4.78 is 39.5. The Morgan fingerprint density at radius 1 is 0.659 bits per heavy atom. The molecule has 0 radical (unpaired) electrons. The van der Waals surface area contributed by atoms with E-state index in [1.54, 1.807) is 36.4 Å². The number of fused-ring (bicyclic) bond motifs is 6. The molecule has 6 nitrogen and oxygen atoms in total. The largest absolute Gasteiger partial charge is 0.454 e. The number of aromatic nitrogens is 2. The van der Waals surface area contributed by atoms with Crippen LogP contribution in [0.1, 0.15) is 27.6 Å². The number of alkyl halides is 3. The minimum Gasteiger partial charge on any atom is -0.295 e. The quantitative estimate of drug-likeness (QED) is 0.205. The summed E-state index contributed by atoms with van der Waals surface area (Å²) in [5.74, 6) is -1.99. The van der Waals surface area contributed by atoms with E-state index in [0.717, 1.165) is 17.7 Å². The zero-order valence-corrected chi connectivity index (χ0v) is 22.4. The second kappa shape index (κ2) is 8.69. The summed E-state index contributed by atoms with van der Waals surface area (Å²) in [5.41, 5.74) is 1.28. The van der Waals surface area contributed by atoms with Crippen molar-refractivity contribution in [2.45, 2.75) is 13.1 Å². The SMILES string of the molecule is CC(=O)c1ccc(-c2nc3c(=O)c4cc5c(cc4c3s2)c(=O)c2nc(-c3ccc(C(=O)C(F)(F)F)cc3)sc25)cc1. The third kappa shape index (κ3) is 3.84. The van der Waals surface area contributed by atoms with Gasteiger partial charge in [0.05, 0.1) is 9.40 Å². The molecule has 41 heavy (non-hydrogen) atoms. The lowest BCUT2D eigenvalue weighted by Crippen LogP contribution is -2.22. The number of thiazole rings is 2. The van der Waals surface area contributed by atoms with Crippen LogP contribution >= 0.6 is 22.7 Å². The fraction of sp³-hybridized carbons (Fsp3) is 0.0667. The Bertz CT molecular complexity index is 2320. The van der Waals surface area contributed by atoms with Crippen molar-refractivity contribution in [3.63, 3.8) is 0 Å². The van der Waals surface area contributed by atoms with Crippen molar-refractivity contribution in [1.29, 1.82) is 0 Å². The number of Topliss-reactive ketones (excluding diaryl/α,β-unsaturated/α-hetero) is 2. The van der Waals surface area contributed by atoms with Crippen LogP contribution in [0.3, 0.4) is 0 Å². The van der Waals surface area contributed by atoms with Gasteiger partial charge in [-0.1, -0.05) is 48.5 Å². The van der Waals surface area contributed by atoms with Gasteiger partial charge in [-0.3, -0.25) is 19.2 Å². The van der Waals surface area contributed by atoms with Gasteiger partial charge in [0.1, 0.15) is 21.0 Å². The van der Waals surface area contributed by atoms with E-state index in [4.69, 9.17) is 0 Å². The minimum atomic E-state index is -4.97. The van der Waals surface area contributed by atoms with Gasteiger partial charge < -0.3 is 0 Å². The van der Waals surface area contributed by atoms with Gasteiger partial charge in [-0.25, -0.2) is 9.97 Å². The van der Waals surface area contributed by atoms with E-state index < -0.39 is 17.5 Å². The number of halogens is 3. The predicted octanol–water partition coefficient (Wildman–Crippen LogP) is 7.09. The Hall–Kier alpha value is -4.61. The number of nitrogens with zero attached hydrogens (tertiary/aromatic N) is 2. The molecular formula is C30H13F3N2O4S2. The molecule has 2 heterocycles. The monoisotopic (exact) mass is 586 g/mol. The molecular weight excluding hydrogens is 573 g/mol. The molecule has 7 rings (SSSR count). The van der Waals surface area contributed by atoms with Crippen molar-refractivity contribution >= 4 is 76.2 Å². The maximum atomic E-state index is 13.3. The first-order chi connectivity index (χ1) is 19.5. The van der Waals surface area contributed by atoms with Gasteiger partial charge in [-0.15, -0.1) is 22.7 Å². The van der Waals surface area contributed by atoms with Crippen molar-refractivity contribution < 1.29 is 22.8 Å². The zero-order chi connectivity index (χ0) is 28.8. The average Bonchev–Trinajstić information content (AvgIpc) is 3.70. The predicted molar refractivity (Wildman–Crippen MR) is 154 cm³/mol. The standard InChI is InChI=1S/C30H13F3N2O4S2/c1-12(36)13-2-6-15(7-3-13)28-34-21-23(37)17-11-20-18(10-19(17)25(21)40-28)24(38)22-26(20)41-29(35-22)16-8-4-14(5-9-16)27(39)30(31,32)33/h2-11H,1H3. The molecule has 0 saturated carbocycles. The first kappa shape index (κ1) is 25.4. The highest BCUT2D eigenvalue weighted by molar-refractivity contribution is 7.23. The minimum absolute atomic E-state index is 0.0498. The van der Waals surface area contributed by atoms with Crippen LogP contribution in [0, 0.1) is 0 Å². The summed E-state index contributed by atoms with van der Waals surface area (Å²) in [4.78, 5) is 58.8. The number of benzene rings is 3. The Labute approximate surface area is 235 Å². The maximum absolute atomic E-state index is 13.3. The van der Waals surface area contributed by atoms with Gasteiger partial charge in [0.25, 0.3) is 5.78 Å². The summed E-state index contributed by atoms with van der Waals surface area (Å²) in [6.07, 6.45) is -4.97. The Morgan fingerprint density at radius 2 is 1.07 bits per heavy atom. The van der Waals surface area contributed by atoms with E-state index in [-0.39, 0.29) is 22.2 Å². The van der Waals surface area contributed by atoms with E-state index in [1.165, 1.54) is 41.7 Å². The summed E-state index contributed by atoms with van der Waals surface area (Å²) in [6.45, 7) is 1.49. The number of rotatable bonds is 4. The van der Waals surface area contributed by atoms with Crippen molar-refractivity contribution in [3.05, 3.63) is 92.2 Å². The molecule has 2 aromatic heterocycles. The highest BCUT2D eigenvalue weighted by Gasteiger charge is 2.39. The Balaban J connectivity index is 1.32. The molecule has 0 amide bonds. The van der Waals surface area contributed by atoms with Crippen molar-refractivity contribution in [2.75, 3.05) is 0 Å². The van der Waals surface area contributed by atoms with Crippen LogP contribution in [0.15, 0.2) is 70.3 Å². The third-order valence-electron chi connectivity index (χ3n) is 7.01. The van der Waals surface area contributed by atoms with E-state index in [9.17, 15) is 32.3 Å². The number of ketones is 2. The molecule has 0 spiro atoms. The first-order valence-corrected chi connectivity index (χ1v) is 13.8.